The van der Waals surface area contributed by atoms with Crippen molar-refractivity contribution in [3.05, 3.63) is 11.1 Å². The summed E-state index contributed by atoms with van der Waals surface area (Å²) in [7, 11) is 0. The van der Waals surface area contributed by atoms with Crippen LogP contribution in [-0.4, -0.2) is 0 Å². The molecule has 0 aromatic carbocycles. The topological polar surface area (TPSA) is 0 Å². The quantitative estimate of drug-likeness (QED) is 0.415. The molecule has 2 bridgehead atoms. The van der Waals surface area contributed by atoms with Crippen LogP contribution in [0.25, 0.3) is 0 Å². The SMILES string of the molecule is C1C2=C1C1CCC2C1. The first kappa shape index (κ1) is 3.71. The highest BCUT2D eigenvalue weighted by atomic mass is 14.5. The van der Waals surface area contributed by atoms with Gasteiger partial charge in [-0.3, -0.25) is 0 Å². The molecule has 3 rings (SSSR count). The van der Waals surface area contributed by atoms with Crippen molar-refractivity contribution in [1.29, 1.82) is 0 Å². The fourth-order valence-electron chi connectivity index (χ4n) is 2.59. The normalized spacial score (nSPS) is 48.0. The molecule has 0 nitrogen and oxygen atoms in total. The van der Waals surface area contributed by atoms with Gasteiger partial charge in [0.1, 0.15) is 0 Å². The number of allylic oxidation sites excluding steroid dienone is 2. The molecule has 0 aromatic rings. The van der Waals surface area contributed by atoms with E-state index in [-0.39, 0.29) is 0 Å². The van der Waals surface area contributed by atoms with E-state index in [1.54, 1.807) is 6.42 Å². The van der Waals surface area contributed by atoms with Crippen molar-refractivity contribution in [2.75, 3.05) is 0 Å². The van der Waals surface area contributed by atoms with Gasteiger partial charge in [-0.2, -0.15) is 0 Å². The standard InChI is InChI=1S/C8H10/c1-2-6-3-5(1)7-4-8(6)7/h5-6H,1-4H2. The second-order valence-corrected chi connectivity index (χ2v) is 3.43. The third-order valence-corrected chi connectivity index (χ3v) is 3.09. The van der Waals surface area contributed by atoms with Gasteiger partial charge in [-0.1, -0.05) is 11.1 Å². The van der Waals surface area contributed by atoms with Crippen molar-refractivity contribution in [2.24, 2.45) is 11.8 Å². The smallest absolute Gasteiger partial charge is 0.00971 e. The summed E-state index contributed by atoms with van der Waals surface area (Å²) in [5.74, 6) is 2.19. The largest absolute Gasteiger partial charge is 0.0632 e. The zero-order chi connectivity index (χ0) is 5.14. The zero-order valence-corrected chi connectivity index (χ0v) is 4.98. The number of fused-ring (bicyclic) bond motifs is 4. The van der Waals surface area contributed by atoms with Gasteiger partial charge in [0.2, 0.25) is 0 Å². The van der Waals surface area contributed by atoms with E-state index in [1.807, 2.05) is 11.1 Å². The Morgan fingerprint density at radius 1 is 1.00 bits per heavy atom. The average Bonchev–Trinajstić information content (AvgIpc) is 2.39. The summed E-state index contributed by atoms with van der Waals surface area (Å²) in [5.41, 5.74) is 3.75. The summed E-state index contributed by atoms with van der Waals surface area (Å²) in [6.07, 6.45) is 6.06. The van der Waals surface area contributed by atoms with Crippen molar-refractivity contribution < 1.29 is 0 Å². The minimum atomic E-state index is 1.09. The van der Waals surface area contributed by atoms with Crippen LogP contribution >= 0.6 is 0 Å². The molecule has 1 fully saturated rings. The molecular weight excluding hydrogens is 96.1 g/mol. The molecule has 0 aromatic heterocycles. The molecule has 2 unspecified atom stereocenters. The Bertz CT molecular complexity index is 158. The highest BCUT2D eigenvalue weighted by molar-refractivity contribution is 5.45. The van der Waals surface area contributed by atoms with Crippen molar-refractivity contribution in [3.8, 4) is 0 Å². The Balaban J connectivity index is 2.15. The third kappa shape index (κ3) is 0.249. The lowest BCUT2D eigenvalue weighted by atomic mass is 10.0. The molecule has 8 heavy (non-hydrogen) atoms. The number of hydrogen-bond acceptors (Lipinski definition) is 0. The maximum Gasteiger partial charge on any atom is -0.00971 e. The van der Waals surface area contributed by atoms with Gasteiger partial charge in [-0.15, -0.1) is 0 Å². The second-order valence-electron chi connectivity index (χ2n) is 3.43. The van der Waals surface area contributed by atoms with Crippen LogP contribution in [0.3, 0.4) is 0 Å². The summed E-state index contributed by atoms with van der Waals surface area (Å²) in [4.78, 5) is 0. The predicted molar refractivity (Wildman–Crippen MR) is 32.5 cm³/mol. The first-order valence-corrected chi connectivity index (χ1v) is 3.67. The van der Waals surface area contributed by atoms with E-state index in [2.05, 4.69) is 0 Å². The molecule has 0 heteroatoms. The van der Waals surface area contributed by atoms with Crippen LogP contribution < -0.4 is 0 Å². The number of hydrogen-bond donors (Lipinski definition) is 0. The first-order valence-electron chi connectivity index (χ1n) is 3.67. The van der Waals surface area contributed by atoms with E-state index in [0.29, 0.717) is 0 Å². The van der Waals surface area contributed by atoms with Crippen molar-refractivity contribution in [1.82, 2.24) is 0 Å². The maximum atomic E-state index is 1.88. The fraction of sp³-hybridized carbons (Fsp3) is 0.750. The van der Waals surface area contributed by atoms with Crippen LogP contribution in [0, 0.1) is 11.8 Å². The summed E-state index contributed by atoms with van der Waals surface area (Å²) in [5, 5.41) is 0. The van der Waals surface area contributed by atoms with E-state index in [0.717, 1.165) is 11.8 Å². The molecule has 0 heterocycles. The van der Waals surface area contributed by atoms with E-state index in [9.17, 15) is 0 Å². The van der Waals surface area contributed by atoms with E-state index < -0.39 is 0 Å². The third-order valence-electron chi connectivity index (χ3n) is 3.09. The fourth-order valence-corrected chi connectivity index (χ4v) is 2.59. The van der Waals surface area contributed by atoms with Gasteiger partial charge in [-0.05, 0) is 37.5 Å². The van der Waals surface area contributed by atoms with E-state index >= 15 is 0 Å². The zero-order valence-electron chi connectivity index (χ0n) is 4.98. The Morgan fingerprint density at radius 3 is 2.00 bits per heavy atom. The second kappa shape index (κ2) is 0.896. The molecule has 2 atom stereocenters. The Hall–Kier alpha value is -0.260. The van der Waals surface area contributed by atoms with Crippen molar-refractivity contribution in [3.63, 3.8) is 0 Å². The molecule has 0 aliphatic heterocycles. The highest BCUT2D eigenvalue weighted by Crippen LogP contribution is 2.60. The van der Waals surface area contributed by atoms with Crippen LogP contribution in [0.5, 0.6) is 0 Å². The highest BCUT2D eigenvalue weighted by Gasteiger charge is 2.46. The minimum Gasteiger partial charge on any atom is -0.0632 e. The summed E-state index contributed by atoms with van der Waals surface area (Å²) < 4.78 is 0. The van der Waals surface area contributed by atoms with Gasteiger partial charge in [-0.25, -0.2) is 0 Å². The van der Waals surface area contributed by atoms with Gasteiger partial charge in [0, 0.05) is 0 Å². The summed E-state index contributed by atoms with van der Waals surface area (Å²) in [6.45, 7) is 0. The van der Waals surface area contributed by atoms with Crippen molar-refractivity contribution >= 4 is 0 Å². The monoisotopic (exact) mass is 106 g/mol. The molecule has 0 N–H and O–H groups in total. The summed E-state index contributed by atoms with van der Waals surface area (Å²) >= 11 is 0. The lowest BCUT2D eigenvalue weighted by Gasteiger charge is -1.99. The Kier molecular flexibility index (Phi) is 0.415. The van der Waals surface area contributed by atoms with Crippen LogP contribution in [-0.2, 0) is 0 Å². The molecule has 0 spiro atoms. The molecular formula is C8H10. The first-order chi connectivity index (χ1) is 3.95. The number of rotatable bonds is 0. The molecule has 0 amide bonds. The summed E-state index contributed by atoms with van der Waals surface area (Å²) in [6, 6.07) is 0. The van der Waals surface area contributed by atoms with Crippen LogP contribution in [0.15, 0.2) is 11.1 Å². The van der Waals surface area contributed by atoms with E-state index in [1.165, 1.54) is 19.3 Å². The van der Waals surface area contributed by atoms with Crippen LogP contribution in [0.2, 0.25) is 0 Å². The molecule has 0 saturated heterocycles. The van der Waals surface area contributed by atoms with Gasteiger partial charge in [0.25, 0.3) is 0 Å². The van der Waals surface area contributed by atoms with Gasteiger partial charge < -0.3 is 0 Å². The minimum absolute atomic E-state index is 1.09. The Labute approximate surface area is 49.6 Å². The molecule has 3 aliphatic rings. The lowest BCUT2D eigenvalue weighted by molar-refractivity contribution is 0.626. The molecule has 1 saturated carbocycles. The van der Waals surface area contributed by atoms with E-state index in [4.69, 9.17) is 0 Å². The molecule has 0 radical (unpaired) electrons. The van der Waals surface area contributed by atoms with Gasteiger partial charge in [0.05, 0.1) is 0 Å². The average molecular weight is 106 g/mol. The van der Waals surface area contributed by atoms with Crippen molar-refractivity contribution in [2.45, 2.75) is 25.7 Å². The van der Waals surface area contributed by atoms with Gasteiger partial charge >= 0.3 is 0 Å². The lowest BCUT2D eigenvalue weighted by Crippen LogP contribution is -1.88. The molecule has 3 aliphatic carbocycles. The van der Waals surface area contributed by atoms with Crippen LogP contribution in [0.4, 0.5) is 0 Å². The Morgan fingerprint density at radius 2 is 1.62 bits per heavy atom. The van der Waals surface area contributed by atoms with Gasteiger partial charge in [0.15, 0.2) is 0 Å². The molecule has 42 valence electrons. The van der Waals surface area contributed by atoms with Crippen LogP contribution in [0.1, 0.15) is 25.7 Å². The maximum absolute atomic E-state index is 1.88. The predicted octanol–water partition coefficient (Wildman–Crippen LogP) is 2.12.